The number of aliphatic hydroxyl groups is 1. The highest BCUT2D eigenvalue weighted by atomic mass is 32.2. The van der Waals surface area contributed by atoms with Gasteiger partial charge in [0.1, 0.15) is 17.4 Å². The van der Waals surface area contributed by atoms with Crippen LogP contribution in [0.5, 0.6) is 5.75 Å². The zero-order valence-corrected chi connectivity index (χ0v) is 20.9. The second-order valence-corrected chi connectivity index (χ2v) is 10.2. The number of hydrogen-bond donors (Lipinski definition) is 2. The number of likely N-dealkylation sites (tertiary alicyclic amines) is 1. The summed E-state index contributed by atoms with van der Waals surface area (Å²) in [6.45, 7) is 1.63. The summed E-state index contributed by atoms with van der Waals surface area (Å²) in [4.78, 5) is 18.4. The minimum absolute atomic E-state index is 0.00239. The predicted octanol–water partition coefficient (Wildman–Crippen LogP) is 5.15. The van der Waals surface area contributed by atoms with Crippen molar-refractivity contribution in [2.45, 2.75) is 30.3 Å². The van der Waals surface area contributed by atoms with Gasteiger partial charge in [-0.15, -0.1) is 11.8 Å². The molecule has 0 amide bonds. The second-order valence-electron chi connectivity index (χ2n) is 9.07. The molecule has 6 nitrogen and oxygen atoms in total. The van der Waals surface area contributed by atoms with Crippen LogP contribution in [0, 0.1) is 23.5 Å². The molecule has 9 heteroatoms. The Morgan fingerprint density at radius 1 is 1.25 bits per heavy atom. The molecule has 192 valence electrons. The third kappa shape index (κ3) is 6.14. The first-order chi connectivity index (χ1) is 17.4. The van der Waals surface area contributed by atoms with Gasteiger partial charge in [-0.05, 0) is 73.7 Å². The van der Waals surface area contributed by atoms with E-state index < -0.39 is 29.6 Å². The molecule has 1 fully saturated rings. The number of rotatable bonds is 10. The molecule has 3 aromatic rings. The number of carboxylic acid groups (broad SMARTS) is 1. The molecule has 1 aliphatic rings. The highest BCUT2D eigenvalue weighted by molar-refractivity contribution is 7.99. The molecule has 1 aromatic heterocycles. The van der Waals surface area contributed by atoms with Crippen LogP contribution in [-0.4, -0.2) is 58.6 Å². The van der Waals surface area contributed by atoms with Gasteiger partial charge in [-0.25, -0.2) is 8.78 Å². The van der Waals surface area contributed by atoms with Gasteiger partial charge in [0.2, 0.25) is 0 Å². The Morgan fingerprint density at radius 2 is 2.03 bits per heavy atom. The number of fused-ring (bicyclic) bond motifs is 1. The zero-order chi connectivity index (χ0) is 25.7. The molecule has 4 rings (SSSR count). The van der Waals surface area contributed by atoms with Crippen molar-refractivity contribution in [2.75, 3.05) is 32.5 Å². The van der Waals surface area contributed by atoms with Crippen molar-refractivity contribution in [3.63, 3.8) is 0 Å². The number of carboxylic acids is 1. The first-order valence-corrected chi connectivity index (χ1v) is 13.0. The molecule has 0 spiro atoms. The molecule has 1 saturated heterocycles. The number of piperidine rings is 1. The van der Waals surface area contributed by atoms with Gasteiger partial charge in [0.15, 0.2) is 0 Å². The number of thioether (sulfide) groups is 1. The zero-order valence-electron chi connectivity index (χ0n) is 20.1. The van der Waals surface area contributed by atoms with Gasteiger partial charge in [0.05, 0.1) is 29.5 Å². The quantitative estimate of drug-likeness (QED) is 0.361. The number of nitrogens with zero attached hydrogens (tertiary/aromatic N) is 2. The fourth-order valence-electron chi connectivity index (χ4n) is 4.89. The lowest BCUT2D eigenvalue weighted by Crippen LogP contribution is -2.44. The van der Waals surface area contributed by atoms with E-state index in [1.807, 2.05) is 23.1 Å². The number of hydrogen-bond acceptors (Lipinski definition) is 6. The fraction of sp³-hybridized carbons (Fsp3) is 0.407. The molecule has 0 bridgehead atoms. The van der Waals surface area contributed by atoms with Crippen molar-refractivity contribution in [3.8, 4) is 5.75 Å². The molecule has 0 aliphatic carbocycles. The van der Waals surface area contributed by atoms with Crippen molar-refractivity contribution in [1.29, 1.82) is 0 Å². The summed E-state index contributed by atoms with van der Waals surface area (Å²) < 4.78 is 33.0. The monoisotopic (exact) mass is 516 g/mol. The first kappa shape index (κ1) is 26.3. The molecule has 1 aliphatic heterocycles. The Bertz CT molecular complexity index is 1190. The standard InChI is InChI=1S/C27H30F2N2O4S/c1-35-18-6-7-24-20(15-18)19(9-11-30-24)25(32)8-5-17-10-12-31(16-21(17)27(33)34)13-14-36-26-22(28)3-2-4-23(26)29/h2-4,6-7,9,11,15,17,21,25,32H,5,8,10,12-14,16H2,1H3,(H,33,34)/t17-,21+,25-/m1/s1. The van der Waals surface area contributed by atoms with E-state index in [2.05, 4.69) is 4.98 Å². The van der Waals surface area contributed by atoms with Crippen molar-refractivity contribution in [1.82, 2.24) is 9.88 Å². The van der Waals surface area contributed by atoms with Crippen molar-refractivity contribution < 1.29 is 28.5 Å². The number of halogens is 2. The highest BCUT2D eigenvalue weighted by Gasteiger charge is 2.34. The summed E-state index contributed by atoms with van der Waals surface area (Å²) >= 11 is 1.11. The summed E-state index contributed by atoms with van der Waals surface area (Å²) in [5.74, 6) is -1.50. The van der Waals surface area contributed by atoms with E-state index >= 15 is 0 Å². The third-order valence-corrected chi connectivity index (χ3v) is 7.95. The summed E-state index contributed by atoms with van der Waals surface area (Å²) in [5.41, 5.74) is 1.51. The second kappa shape index (κ2) is 12.0. The molecular weight excluding hydrogens is 486 g/mol. The molecule has 3 atom stereocenters. The molecule has 2 aromatic carbocycles. The van der Waals surface area contributed by atoms with Crippen LogP contribution in [0.1, 0.15) is 30.9 Å². The largest absolute Gasteiger partial charge is 0.497 e. The maximum absolute atomic E-state index is 13.8. The smallest absolute Gasteiger partial charge is 0.308 e. The van der Waals surface area contributed by atoms with E-state index in [-0.39, 0.29) is 10.8 Å². The number of aromatic nitrogens is 1. The van der Waals surface area contributed by atoms with Crippen LogP contribution >= 0.6 is 11.8 Å². The Labute approximate surface area is 213 Å². The summed E-state index contributed by atoms with van der Waals surface area (Å²) in [6, 6.07) is 11.1. The fourth-order valence-corrected chi connectivity index (χ4v) is 5.85. The normalized spacial score (nSPS) is 19.3. The molecular formula is C27H30F2N2O4S. The SMILES string of the molecule is COc1ccc2nccc([C@H](O)CC[C@@H]3CCN(CCSc4c(F)cccc4F)C[C@@H]3C(=O)O)c2c1. The highest BCUT2D eigenvalue weighted by Crippen LogP contribution is 2.34. The Morgan fingerprint density at radius 3 is 2.75 bits per heavy atom. The molecule has 2 heterocycles. The average molecular weight is 517 g/mol. The summed E-state index contributed by atoms with van der Waals surface area (Å²) in [5, 5.41) is 21.7. The lowest BCUT2D eigenvalue weighted by Gasteiger charge is -2.37. The van der Waals surface area contributed by atoms with Gasteiger partial charge < -0.3 is 19.8 Å². The number of carbonyl (C=O) groups is 1. The number of pyridine rings is 1. The number of aliphatic hydroxyl groups excluding tert-OH is 1. The van der Waals surface area contributed by atoms with Gasteiger partial charge >= 0.3 is 5.97 Å². The van der Waals surface area contributed by atoms with Crippen LogP contribution in [0.25, 0.3) is 10.9 Å². The molecule has 0 unspecified atom stereocenters. The number of methoxy groups -OCH3 is 1. The minimum Gasteiger partial charge on any atom is -0.497 e. The van der Waals surface area contributed by atoms with Gasteiger partial charge in [0, 0.05) is 30.4 Å². The molecule has 2 N–H and O–H groups in total. The number of aliphatic carboxylic acids is 1. The topological polar surface area (TPSA) is 82.9 Å². The Hall–Kier alpha value is -2.75. The third-order valence-electron chi connectivity index (χ3n) is 6.88. The molecule has 0 radical (unpaired) electrons. The predicted molar refractivity (Wildman–Crippen MR) is 135 cm³/mol. The lowest BCUT2D eigenvalue weighted by atomic mass is 9.81. The van der Waals surface area contributed by atoms with E-state index in [0.29, 0.717) is 50.4 Å². The van der Waals surface area contributed by atoms with E-state index in [9.17, 15) is 23.8 Å². The van der Waals surface area contributed by atoms with Crippen LogP contribution in [0.4, 0.5) is 8.78 Å². The van der Waals surface area contributed by atoms with Crippen LogP contribution in [0.2, 0.25) is 0 Å². The van der Waals surface area contributed by atoms with E-state index in [1.54, 1.807) is 19.4 Å². The lowest BCUT2D eigenvalue weighted by molar-refractivity contribution is -0.146. The van der Waals surface area contributed by atoms with Crippen LogP contribution in [0.3, 0.4) is 0 Å². The van der Waals surface area contributed by atoms with Gasteiger partial charge in [0.25, 0.3) is 0 Å². The van der Waals surface area contributed by atoms with Crippen LogP contribution in [-0.2, 0) is 4.79 Å². The number of benzene rings is 2. The minimum atomic E-state index is -0.855. The van der Waals surface area contributed by atoms with Crippen molar-refractivity contribution in [3.05, 3.63) is 65.9 Å². The van der Waals surface area contributed by atoms with Crippen LogP contribution < -0.4 is 4.74 Å². The van der Waals surface area contributed by atoms with Gasteiger partial charge in [-0.2, -0.15) is 0 Å². The average Bonchev–Trinajstić information content (AvgIpc) is 2.88. The maximum Gasteiger partial charge on any atom is 0.308 e. The van der Waals surface area contributed by atoms with E-state index in [0.717, 1.165) is 28.2 Å². The van der Waals surface area contributed by atoms with E-state index in [1.165, 1.54) is 18.2 Å². The van der Waals surface area contributed by atoms with Crippen molar-refractivity contribution >= 4 is 28.6 Å². The Kier molecular flexibility index (Phi) is 8.77. The van der Waals surface area contributed by atoms with E-state index in [4.69, 9.17) is 4.74 Å². The van der Waals surface area contributed by atoms with Gasteiger partial charge in [-0.1, -0.05) is 6.07 Å². The van der Waals surface area contributed by atoms with Crippen molar-refractivity contribution in [2.24, 2.45) is 11.8 Å². The Balaban J connectivity index is 1.34. The maximum atomic E-state index is 13.8. The summed E-state index contributed by atoms with van der Waals surface area (Å²) in [6.07, 6.45) is 2.62. The summed E-state index contributed by atoms with van der Waals surface area (Å²) in [7, 11) is 1.59. The number of ether oxygens (including phenoxy) is 1. The molecule has 0 saturated carbocycles. The first-order valence-electron chi connectivity index (χ1n) is 12.0. The van der Waals surface area contributed by atoms with Gasteiger partial charge in [-0.3, -0.25) is 9.78 Å². The van der Waals surface area contributed by atoms with Crippen LogP contribution in [0.15, 0.2) is 53.6 Å². The molecule has 36 heavy (non-hydrogen) atoms.